The lowest BCUT2D eigenvalue weighted by Gasteiger charge is -1.99. The van der Waals surface area contributed by atoms with Gasteiger partial charge in [0.25, 0.3) is 0 Å². The lowest BCUT2D eigenvalue weighted by atomic mass is 10.3. The van der Waals surface area contributed by atoms with Crippen molar-refractivity contribution >= 4 is 22.4 Å². The van der Waals surface area contributed by atoms with Gasteiger partial charge in [0.05, 0.1) is 12.9 Å². The molecule has 0 unspecified atom stereocenters. The predicted octanol–water partition coefficient (Wildman–Crippen LogP) is 2.16. The van der Waals surface area contributed by atoms with E-state index in [9.17, 15) is 4.79 Å². The molecule has 0 saturated heterocycles. The minimum atomic E-state index is -0.428. The van der Waals surface area contributed by atoms with E-state index < -0.39 is 5.97 Å². The second-order valence-electron chi connectivity index (χ2n) is 2.93. The Morgan fingerprint density at radius 3 is 3.12 bits per heavy atom. The van der Waals surface area contributed by atoms with Crippen LogP contribution in [-0.4, -0.2) is 17.6 Å². The molecule has 0 fully saturated rings. The van der Waals surface area contributed by atoms with E-state index >= 15 is 0 Å². The molecule has 0 saturated carbocycles. The van der Waals surface area contributed by atoms with Gasteiger partial charge in [-0.2, -0.15) is 0 Å². The minimum Gasteiger partial charge on any atom is -0.463 e. The summed E-state index contributed by atoms with van der Waals surface area (Å²) in [5.41, 5.74) is 6.01. The maximum absolute atomic E-state index is 11.6. The maximum atomic E-state index is 11.6. The summed E-state index contributed by atoms with van der Waals surface area (Å²) in [6.07, 6.45) is 1.51. The highest BCUT2D eigenvalue weighted by molar-refractivity contribution is 7.17. The number of esters is 1. The third kappa shape index (κ3) is 1.92. The number of nitrogen functional groups attached to an aromatic ring is 1. The predicted molar refractivity (Wildman–Crippen MR) is 60.2 cm³/mol. The Morgan fingerprint density at radius 2 is 2.50 bits per heavy atom. The van der Waals surface area contributed by atoms with Crippen molar-refractivity contribution in [2.24, 2.45) is 0 Å². The molecule has 6 heteroatoms. The highest BCUT2D eigenvalue weighted by atomic mass is 32.1. The van der Waals surface area contributed by atoms with Crippen LogP contribution in [0.2, 0.25) is 0 Å². The van der Waals surface area contributed by atoms with Gasteiger partial charge in [-0.05, 0) is 19.1 Å². The van der Waals surface area contributed by atoms with Crippen LogP contribution in [-0.2, 0) is 4.74 Å². The van der Waals surface area contributed by atoms with E-state index in [1.165, 1.54) is 6.26 Å². The first-order valence-electron chi connectivity index (χ1n) is 4.69. The zero-order valence-corrected chi connectivity index (χ0v) is 9.41. The van der Waals surface area contributed by atoms with Crippen molar-refractivity contribution in [1.29, 1.82) is 0 Å². The monoisotopic (exact) mass is 238 g/mol. The molecule has 2 aromatic rings. The Labute approximate surface area is 95.9 Å². The Morgan fingerprint density at radius 1 is 1.69 bits per heavy atom. The topological polar surface area (TPSA) is 78.4 Å². The number of anilines is 1. The number of hydrogen-bond acceptors (Lipinski definition) is 6. The van der Waals surface area contributed by atoms with Gasteiger partial charge in [0.15, 0.2) is 10.9 Å². The highest BCUT2D eigenvalue weighted by Crippen LogP contribution is 2.30. The molecule has 0 aromatic carbocycles. The van der Waals surface area contributed by atoms with Crippen LogP contribution in [0.1, 0.15) is 16.6 Å². The molecule has 5 nitrogen and oxygen atoms in total. The number of aromatic nitrogens is 1. The molecule has 2 heterocycles. The molecule has 0 spiro atoms. The van der Waals surface area contributed by atoms with E-state index in [0.717, 1.165) is 11.3 Å². The van der Waals surface area contributed by atoms with E-state index in [0.29, 0.717) is 28.1 Å². The smallest absolute Gasteiger partial charge is 0.350 e. The van der Waals surface area contributed by atoms with Crippen LogP contribution >= 0.6 is 11.3 Å². The lowest BCUT2D eigenvalue weighted by Crippen LogP contribution is -2.03. The van der Waals surface area contributed by atoms with Crippen LogP contribution in [0.3, 0.4) is 0 Å². The summed E-state index contributed by atoms with van der Waals surface area (Å²) in [5, 5.41) is 0.314. The Kier molecular flexibility index (Phi) is 2.91. The average Bonchev–Trinajstić information content (AvgIpc) is 2.85. The van der Waals surface area contributed by atoms with Gasteiger partial charge in [-0.15, -0.1) is 0 Å². The number of carbonyl (C=O) groups excluding carboxylic acids is 1. The fourth-order valence-electron chi connectivity index (χ4n) is 1.25. The normalized spacial score (nSPS) is 10.3. The quantitative estimate of drug-likeness (QED) is 0.829. The standard InChI is InChI=1S/C10H10N2O3S/c1-2-14-9(13)8-7(12-10(11)16-8)6-4-3-5-15-6/h3-5H,2H2,1H3,(H2,11,12). The van der Waals surface area contributed by atoms with E-state index in [1.54, 1.807) is 19.1 Å². The molecule has 84 valence electrons. The zero-order valence-electron chi connectivity index (χ0n) is 8.60. The minimum absolute atomic E-state index is 0.314. The number of nitrogens with zero attached hydrogens (tertiary/aromatic N) is 1. The molecule has 0 atom stereocenters. The van der Waals surface area contributed by atoms with Crippen molar-refractivity contribution in [3.8, 4) is 11.5 Å². The molecule has 0 aliphatic rings. The van der Waals surface area contributed by atoms with Gasteiger partial charge < -0.3 is 14.9 Å². The van der Waals surface area contributed by atoms with Gasteiger partial charge in [-0.3, -0.25) is 0 Å². The molecular formula is C10H10N2O3S. The fraction of sp³-hybridized carbons (Fsp3) is 0.200. The molecule has 0 amide bonds. The molecule has 0 aliphatic carbocycles. The molecule has 16 heavy (non-hydrogen) atoms. The van der Waals surface area contributed by atoms with E-state index in [1.807, 2.05) is 0 Å². The van der Waals surface area contributed by atoms with E-state index in [4.69, 9.17) is 14.9 Å². The first-order chi connectivity index (χ1) is 7.72. The number of hydrogen-bond donors (Lipinski definition) is 1. The summed E-state index contributed by atoms with van der Waals surface area (Å²) >= 11 is 1.09. The lowest BCUT2D eigenvalue weighted by molar-refractivity contribution is 0.0532. The maximum Gasteiger partial charge on any atom is 0.350 e. The first kappa shape index (κ1) is 10.7. The van der Waals surface area contributed by atoms with Crippen molar-refractivity contribution in [1.82, 2.24) is 4.98 Å². The molecule has 0 aliphatic heterocycles. The van der Waals surface area contributed by atoms with E-state index in [-0.39, 0.29) is 0 Å². The number of thiazole rings is 1. The zero-order chi connectivity index (χ0) is 11.5. The number of ether oxygens (including phenoxy) is 1. The van der Waals surface area contributed by atoms with E-state index in [2.05, 4.69) is 4.98 Å². The van der Waals surface area contributed by atoms with Gasteiger partial charge >= 0.3 is 5.97 Å². The second-order valence-corrected chi connectivity index (χ2v) is 3.96. The number of rotatable bonds is 3. The Hall–Kier alpha value is -1.82. The average molecular weight is 238 g/mol. The Bertz CT molecular complexity index is 490. The van der Waals surface area contributed by atoms with Crippen molar-refractivity contribution < 1.29 is 13.9 Å². The van der Waals surface area contributed by atoms with Gasteiger partial charge in [0.1, 0.15) is 10.6 Å². The van der Waals surface area contributed by atoms with Crippen LogP contribution in [0.4, 0.5) is 5.13 Å². The van der Waals surface area contributed by atoms with Crippen LogP contribution in [0.15, 0.2) is 22.8 Å². The number of furan rings is 1. The fourth-order valence-corrected chi connectivity index (χ4v) is 1.98. The second kappa shape index (κ2) is 4.36. The highest BCUT2D eigenvalue weighted by Gasteiger charge is 2.21. The summed E-state index contributed by atoms with van der Waals surface area (Å²) in [6.45, 7) is 2.06. The third-order valence-electron chi connectivity index (χ3n) is 1.86. The van der Waals surface area contributed by atoms with Gasteiger partial charge in [0.2, 0.25) is 0 Å². The van der Waals surface area contributed by atoms with Crippen molar-refractivity contribution in [2.45, 2.75) is 6.92 Å². The molecule has 2 N–H and O–H groups in total. The van der Waals surface area contributed by atoms with Crippen LogP contribution in [0.5, 0.6) is 0 Å². The Balaban J connectivity index is 2.42. The molecule has 0 radical (unpaired) electrons. The van der Waals surface area contributed by atoms with Gasteiger partial charge in [-0.25, -0.2) is 9.78 Å². The van der Waals surface area contributed by atoms with Gasteiger partial charge in [0, 0.05) is 0 Å². The number of carbonyl (C=O) groups is 1. The summed E-state index contributed by atoms with van der Waals surface area (Å²) in [4.78, 5) is 16.1. The SMILES string of the molecule is CCOC(=O)c1sc(N)nc1-c1ccco1. The molecular weight excluding hydrogens is 228 g/mol. The molecule has 2 aromatic heterocycles. The van der Waals surface area contributed by atoms with Crippen molar-refractivity contribution in [3.05, 3.63) is 23.3 Å². The molecule has 0 bridgehead atoms. The summed E-state index contributed by atoms with van der Waals surface area (Å²) in [6, 6.07) is 3.44. The first-order valence-corrected chi connectivity index (χ1v) is 5.51. The summed E-state index contributed by atoms with van der Waals surface area (Å²) in [7, 11) is 0. The number of nitrogens with two attached hydrogens (primary N) is 1. The summed E-state index contributed by atoms with van der Waals surface area (Å²) in [5.74, 6) is 0.0825. The van der Waals surface area contributed by atoms with Crippen LogP contribution in [0.25, 0.3) is 11.5 Å². The summed E-state index contributed by atoms with van der Waals surface area (Å²) < 4.78 is 10.1. The van der Waals surface area contributed by atoms with Crippen LogP contribution in [0, 0.1) is 0 Å². The third-order valence-corrected chi connectivity index (χ3v) is 2.72. The van der Waals surface area contributed by atoms with Crippen molar-refractivity contribution in [2.75, 3.05) is 12.3 Å². The van der Waals surface area contributed by atoms with Crippen molar-refractivity contribution in [3.63, 3.8) is 0 Å². The van der Waals surface area contributed by atoms with Crippen LogP contribution < -0.4 is 5.73 Å². The largest absolute Gasteiger partial charge is 0.463 e. The van der Waals surface area contributed by atoms with Gasteiger partial charge in [-0.1, -0.05) is 11.3 Å². The molecule has 2 rings (SSSR count).